The minimum Gasteiger partial charge on any atom is -0.691 e. The molecule has 5 rings (SSSR count). The summed E-state index contributed by atoms with van der Waals surface area (Å²) in [4.78, 5) is 43.6. The Kier molecular flexibility index (Phi) is 28.2. The normalized spacial score (nSPS) is 15.3. The third-order valence-electron chi connectivity index (χ3n) is 11.9. The van der Waals surface area contributed by atoms with Gasteiger partial charge in [0.05, 0.1) is 29.5 Å². The van der Waals surface area contributed by atoms with E-state index in [1.807, 2.05) is 30.4 Å². The molecule has 0 spiro atoms. The van der Waals surface area contributed by atoms with Crippen LogP contribution in [0.1, 0.15) is 110 Å². The maximum atomic E-state index is 12.4. The van der Waals surface area contributed by atoms with Crippen molar-refractivity contribution in [2.24, 2.45) is 0 Å². The molecule has 2 aliphatic heterocycles. The number of carbonyl (C=O) groups excluding carboxylic acids is 3. The molecule has 17 nitrogen and oxygen atoms in total. The van der Waals surface area contributed by atoms with Crippen molar-refractivity contribution in [1.82, 2.24) is 5.06 Å². The number of anilines is 1. The molecule has 0 fully saturated rings. The third-order valence-corrected chi connectivity index (χ3v) is 13.6. The number of hydroxylamine groups is 2. The largest absolute Gasteiger partial charge is 1.00 e. The van der Waals surface area contributed by atoms with Gasteiger partial charge in [-0.3, -0.25) is 24.7 Å². The van der Waals surface area contributed by atoms with Crippen LogP contribution < -0.4 is 84.5 Å². The summed E-state index contributed by atoms with van der Waals surface area (Å²) in [5.41, 5.74) is 7.69. The molecule has 0 atom stereocenters. The van der Waals surface area contributed by atoms with Gasteiger partial charge in [0.1, 0.15) is 18.1 Å². The molecule has 22 heteroatoms. The third kappa shape index (κ3) is 17.6. The molecule has 2 heterocycles. The van der Waals surface area contributed by atoms with Crippen molar-refractivity contribution in [3.63, 3.8) is 0 Å². The van der Waals surface area contributed by atoms with Gasteiger partial charge in [-0.05, 0) is 125 Å². The molecule has 3 aromatic carbocycles. The molecule has 0 saturated heterocycles. The fraction of sp³-hybridized carbons (Fsp3) is 0.400. The average molecular weight is 1070 g/mol. The second-order valence-corrected chi connectivity index (χ2v) is 19.8. The second-order valence-electron chi connectivity index (χ2n) is 17.4. The molecule has 0 unspecified atom stereocenters. The van der Waals surface area contributed by atoms with Crippen molar-refractivity contribution < 1.29 is 132 Å². The first kappa shape index (κ1) is 63.5. The van der Waals surface area contributed by atoms with Crippen LogP contribution in [0.4, 0.5) is 11.4 Å². The number of imide groups is 1. The van der Waals surface area contributed by atoms with Gasteiger partial charge >= 0.3 is 65.1 Å². The summed E-state index contributed by atoms with van der Waals surface area (Å²) in [6.07, 6.45) is 15.5. The van der Waals surface area contributed by atoms with Crippen LogP contribution in [0.15, 0.2) is 118 Å². The number of fused-ring (bicyclic) bond motifs is 2. The molecule has 72 heavy (non-hydrogen) atoms. The number of aryl methyl sites for hydroxylation is 1. The maximum absolute atomic E-state index is 12.4. The predicted octanol–water partition coefficient (Wildman–Crippen LogP) is 2.44. The Morgan fingerprint density at radius 3 is 2.15 bits per heavy atom. The van der Waals surface area contributed by atoms with Crippen molar-refractivity contribution in [1.29, 1.82) is 0 Å². The minimum atomic E-state index is -0.693. The van der Waals surface area contributed by atoms with Crippen molar-refractivity contribution in [3.8, 4) is 5.75 Å². The molecule has 0 saturated carbocycles. The Morgan fingerprint density at radius 2 is 1.49 bits per heavy atom. The molecule has 0 radical (unpaired) electrons. The number of rotatable bonds is 28. The summed E-state index contributed by atoms with van der Waals surface area (Å²) < 4.78 is 22.7. The topological polar surface area (TPSA) is 204 Å². The van der Waals surface area contributed by atoms with E-state index in [2.05, 4.69) is 116 Å². The summed E-state index contributed by atoms with van der Waals surface area (Å²) >= 11 is 2.60. The number of nitrogens with zero attached hydrogens (tertiary/aromatic N) is 3. The van der Waals surface area contributed by atoms with Crippen molar-refractivity contribution in [2.75, 3.05) is 23.7 Å². The number of amides is 2. The van der Waals surface area contributed by atoms with Gasteiger partial charge in [-0.2, -0.15) is 17.6 Å². The summed E-state index contributed by atoms with van der Waals surface area (Å²) in [6.45, 7) is 15.4. The first-order chi connectivity index (χ1) is 33.7. The zero-order chi connectivity index (χ0) is 50.7. The van der Waals surface area contributed by atoms with Crippen molar-refractivity contribution in [3.05, 3.63) is 125 Å². The number of carbonyl (C=O) groups is 3. The zero-order valence-electron chi connectivity index (χ0n) is 42.3. The van der Waals surface area contributed by atoms with E-state index in [0.717, 1.165) is 103 Å². The molecule has 2 amide bonds. The van der Waals surface area contributed by atoms with Gasteiger partial charge in [0.2, 0.25) is 5.69 Å². The second kappa shape index (κ2) is 31.9. The first-order valence-corrected chi connectivity index (χ1v) is 25.2. The number of hydrogen-bond donors (Lipinski definition) is 0. The molecule has 3 aromatic rings. The van der Waals surface area contributed by atoms with Gasteiger partial charge < -0.3 is 30.2 Å². The van der Waals surface area contributed by atoms with Crippen molar-refractivity contribution in [2.45, 2.75) is 120 Å². The molecule has 378 valence electrons. The van der Waals surface area contributed by atoms with Crippen LogP contribution in [0.3, 0.4) is 0 Å². The van der Waals surface area contributed by atoms with Crippen molar-refractivity contribution >= 4 is 71.5 Å². The van der Waals surface area contributed by atoms with Gasteiger partial charge in [-0.25, -0.2) is 4.79 Å². The van der Waals surface area contributed by atoms with Gasteiger partial charge in [0.25, 0.3) is 12.3 Å². The Morgan fingerprint density at radius 1 is 0.792 bits per heavy atom. The van der Waals surface area contributed by atoms with Gasteiger partial charge in [0, 0.05) is 88.4 Å². The molecular weight excluding hydrogens is 1010 g/mol. The SMILES string of the molecule is CCCC(/C=C/C1=[N+](CCCCCC(=O)ON(C=O)C(C)=O)c2ccc(SOO[O-])cc2C1(C)C)=C(\C=C\C=C1\N(CCCCSOO[O-])c2ccc(C)cc2C1(C)C)Oc1ccc(SOO[O-])cc1.[Na+].[Na+]. The molecule has 2 aliphatic rings. The summed E-state index contributed by atoms with van der Waals surface area (Å²) in [7, 11) is 0. The van der Waals surface area contributed by atoms with E-state index in [1.54, 1.807) is 24.3 Å². The number of ether oxygens (including phenoxy) is 1. The Balaban J connectivity index is 0.00000684. The number of hydrogen-bond acceptors (Lipinski definition) is 18. The quantitative estimate of drug-likeness (QED) is 0.0118. The van der Waals surface area contributed by atoms with Crippen LogP contribution >= 0.6 is 36.1 Å². The molecule has 0 bridgehead atoms. The Labute approximate surface area is 478 Å². The minimum absolute atomic E-state index is 0. The van der Waals surface area contributed by atoms with Gasteiger partial charge in [-0.1, -0.05) is 51.0 Å². The number of unbranched alkanes of at least 4 members (excludes halogenated alkanes) is 3. The van der Waals surface area contributed by atoms with Crippen LogP contribution in [0.2, 0.25) is 0 Å². The van der Waals surface area contributed by atoms with E-state index in [4.69, 9.17) is 9.57 Å². The Hall–Kier alpha value is -2.81. The monoisotopic (exact) mass is 1070 g/mol. The molecule has 0 N–H and O–H groups in total. The molecule has 0 aromatic heterocycles. The maximum Gasteiger partial charge on any atom is 1.00 e. The number of benzene rings is 3. The smallest absolute Gasteiger partial charge is 0.691 e. The molecular formula is C50H59N3Na2O14S3. The van der Waals surface area contributed by atoms with E-state index in [9.17, 15) is 30.2 Å². The zero-order valence-corrected chi connectivity index (χ0v) is 48.7. The number of allylic oxidation sites excluding steroid dienone is 7. The predicted molar refractivity (Wildman–Crippen MR) is 259 cm³/mol. The summed E-state index contributed by atoms with van der Waals surface area (Å²) in [5, 5.41) is 42.6. The van der Waals surface area contributed by atoms with E-state index < -0.39 is 17.3 Å². The van der Waals surface area contributed by atoms with E-state index in [1.165, 1.54) is 11.1 Å². The van der Waals surface area contributed by atoms with Crippen LogP contribution in [0.5, 0.6) is 5.75 Å². The van der Waals surface area contributed by atoms with Gasteiger partial charge in [-0.15, -0.1) is 5.06 Å². The Bertz CT molecular complexity index is 2430. The van der Waals surface area contributed by atoms with Crippen LogP contribution in [0, 0.1) is 6.92 Å². The molecule has 0 aliphatic carbocycles. The first-order valence-electron chi connectivity index (χ1n) is 22.8. The van der Waals surface area contributed by atoms with E-state index >= 15 is 0 Å². The van der Waals surface area contributed by atoms with Crippen LogP contribution in [-0.2, 0) is 58.2 Å². The van der Waals surface area contributed by atoms with E-state index in [0.29, 0.717) is 64.3 Å². The fourth-order valence-corrected chi connectivity index (χ4v) is 9.64. The summed E-state index contributed by atoms with van der Waals surface area (Å²) in [5.74, 6) is 0.405. The van der Waals surface area contributed by atoms with Gasteiger partial charge in [0.15, 0.2) is 5.71 Å². The summed E-state index contributed by atoms with van der Waals surface area (Å²) in [6, 6.07) is 19.4. The standard InChI is InChI=1S/C50H61N3O14S3.2Na/c1-8-15-37(20-28-47-50(6,7)42-33-40(70-67-64-59)25-27-44(42)52(47)29-11-9-10-18-48(56)61-53(34-54)36(3)55)45(60-38-21-23-39(24-22-38)69-66-63-58)16-14-17-46-49(4,5)41-32-35(2)19-26-43(41)51(46)30-12-13-31-68-65-62-57;;/h14,16-17,19-28,32-34H,8-13,15,18,29-31H2,1-7H3,(H2-,57,58,59);;/q;2*+1/p-2. The van der Waals surface area contributed by atoms with Crippen LogP contribution in [0.25, 0.3) is 0 Å². The average Bonchev–Trinajstić information content (AvgIpc) is 3.68. The van der Waals surface area contributed by atoms with E-state index in [-0.39, 0.29) is 77.4 Å². The fourth-order valence-electron chi connectivity index (χ4n) is 8.46. The van der Waals surface area contributed by atoms with Crippen LogP contribution in [-0.4, -0.2) is 52.5 Å².